The van der Waals surface area contributed by atoms with Crippen LogP contribution in [0.2, 0.25) is 5.02 Å². The monoisotopic (exact) mass is 337 g/mol. The fraction of sp³-hybridized carbons (Fsp3) is 0.0667. The molecule has 0 atom stereocenters. The summed E-state index contributed by atoms with van der Waals surface area (Å²) in [6.45, 7) is 0. The van der Waals surface area contributed by atoms with E-state index in [1.54, 1.807) is 12.1 Å². The molecule has 1 heterocycles. The molecule has 1 N–H and O–H groups in total. The first-order valence-corrected chi connectivity index (χ1v) is 7.73. The van der Waals surface area contributed by atoms with Crippen molar-refractivity contribution in [2.24, 2.45) is 10.1 Å². The molecule has 3 rings (SSSR count). The van der Waals surface area contributed by atoms with Crippen molar-refractivity contribution < 1.29 is 8.78 Å². The number of hydrogen-bond acceptors (Lipinski definition) is 3. The molecule has 22 heavy (non-hydrogen) atoms. The lowest BCUT2D eigenvalue weighted by Gasteiger charge is -2.15. The van der Waals surface area contributed by atoms with Gasteiger partial charge >= 0.3 is 0 Å². The molecule has 0 amide bonds. The van der Waals surface area contributed by atoms with Crippen molar-refractivity contribution in [1.29, 1.82) is 0 Å². The van der Waals surface area contributed by atoms with Gasteiger partial charge in [-0.15, -0.1) is 0 Å². The molecular formula is C15H10ClF2N3S. The van der Waals surface area contributed by atoms with Crippen molar-refractivity contribution in [3.8, 4) is 0 Å². The van der Waals surface area contributed by atoms with Crippen LogP contribution >= 0.6 is 23.4 Å². The van der Waals surface area contributed by atoms with E-state index in [1.165, 1.54) is 17.8 Å². The number of hydrogen-bond donors (Lipinski definition) is 1. The quantitative estimate of drug-likeness (QED) is 0.884. The summed E-state index contributed by atoms with van der Waals surface area (Å²) in [4.78, 5) is 4.38. The number of thioether (sulfide) groups is 1. The van der Waals surface area contributed by atoms with Gasteiger partial charge in [0.15, 0.2) is 16.8 Å². The lowest BCUT2D eigenvalue weighted by atomic mass is 10.1. The molecule has 0 bridgehead atoms. The largest absolute Gasteiger partial charge is 0.255 e. The third-order valence-corrected chi connectivity index (χ3v) is 4.03. The van der Waals surface area contributed by atoms with E-state index in [2.05, 4.69) is 15.5 Å². The second kappa shape index (κ2) is 6.46. The second-order valence-corrected chi connectivity index (χ2v) is 5.89. The molecule has 2 aromatic rings. The van der Waals surface area contributed by atoms with E-state index >= 15 is 0 Å². The molecule has 0 radical (unpaired) electrons. The van der Waals surface area contributed by atoms with Gasteiger partial charge in [0.1, 0.15) is 0 Å². The van der Waals surface area contributed by atoms with Crippen LogP contribution in [0.1, 0.15) is 5.56 Å². The Morgan fingerprint density at radius 2 is 2.00 bits per heavy atom. The van der Waals surface area contributed by atoms with Gasteiger partial charge in [-0.3, -0.25) is 5.43 Å². The first-order chi connectivity index (χ1) is 10.6. The maximum atomic E-state index is 13.2. The lowest BCUT2D eigenvalue weighted by molar-refractivity contribution is 0.508. The first kappa shape index (κ1) is 15.0. The van der Waals surface area contributed by atoms with Gasteiger partial charge in [0.2, 0.25) is 0 Å². The minimum Gasteiger partial charge on any atom is -0.255 e. The van der Waals surface area contributed by atoms with Crippen LogP contribution in [0.4, 0.5) is 14.5 Å². The standard InChI is InChI=1S/C15H10ClF2N3S/c16-10-2-1-3-11(7-10)19-15-21-20-14(8-22-15)9-4-5-12(17)13(18)6-9/h1-7H,8H2,(H,19,21). The zero-order valence-corrected chi connectivity index (χ0v) is 12.8. The Hall–Kier alpha value is -1.92. The van der Waals surface area contributed by atoms with E-state index in [4.69, 9.17) is 11.6 Å². The predicted octanol–water partition coefficient (Wildman–Crippen LogP) is 4.35. The first-order valence-electron chi connectivity index (χ1n) is 6.37. The van der Waals surface area contributed by atoms with Crippen molar-refractivity contribution in [2.75, 3.05) is 5.75 Å². The highest BCUT2D eigenvalue weighted by Crippen LogP contribution is 2.21. The molecule has 1 aliphatic heterocycles. The Balaban J connectivity index is 1.78. The number of hydrazone groups is 1. The topological polar surface area (TPSA) is 36.8 Å². The molecule has 0 aliphatic carbocycles. The second-order valence-electron chi connectivity index (χ2n) is 4.48. The third kappa shape index (κ3) is 3.45. The smallest absolute Gasteiger partial charge is 0.182 e. The average molecular weight is 338 g/mol. The number of nitrogens with zero attached hydrogens (tertiary/aromatic N) is 2. The number of rotatable bonds is 2. The fourth-order valence-electron chi connectivity index (χ4n) is 1.86. The summed E-state index contributed by atoms with van der Waals surface area (Å²) < 4.78 is 26.2. The molecular weight excluding hydrogens is 328 g/mol. The Labute approximate surface area is 135 Å². The van der Waals surface area contributed by atoms with Gasteiger partial charge in [-0.1, -0.05) is 29.4 Å². The predicted molar refractivity (Wildman–Crippen MR) is 87.0 cm³/mol. The normalized spacial score (nSPS) is 16.3. The number of halogens is 3. The van der Waals surface area contributed by atoms with Gasteiger partial charge in [0.05, 0.1) is 11.4 Å². The number of benzene rings is 2. The molecule has 7 heteroatoms. The fourth-order valence-corrected chi connectivity index (χ4v) is 2.83. The van der Waals surface area contributed by atoms with Crippen molar-refractivity contribution in [3.63, 3.8) is 0 Å². The van der Waals surface area contributed by atoms with Crippen LogP contribution in [0.15, 0.2) is 52.6 Å². The molecule has 2 aromatic carbocycles. The maximum Gasteiger partial charge on any atom is 0.182 e. The van der Waals surface area contributed by atoms with E-state index in [9.17, 15) is 8.78 Å². The minimum absolute atomic E-state index is 0.511. The summed E-state index contributed by atoms with van der Waals surface area (Å²) in [6.07, 6.45) is 0. The molecule has 112 valence electrons. The van der Waals surface area contributed by atoms with E-state index < -0.39 is 11.6 Å². The van der Waals surface area contributed by atoms with Crippen LogP contribution in [0.5, 0.6) is 0 Å². The Morgan fingerprint density at radius 3 is 2.68 bits per heavy atom. The zero-order valence-electron chi connectivity index (χ0n) is 11.2. The summed E-state index contributed by atoms with van der Waals surface area (Å²) in [6, 6.07) is 10.9. The van der Waals surface area contributed by atoms with Gasteiger partial charge in [-0.05, 0) is 36.4 Å². The Kier molecular flexibility index (Phi) is 4.40. The van der Waals surface area contributed by atoms with Crippen molar-refractivity contribution >= 4 is 39.9 Å². The van der Waals surface area contributed by atoms with Crippen molar-refractivity contribution in [3.05, 3.63) is 64.7 Å². The van der Waals surface area contributed by atoms with Crippen LogP contribution in [-0.2, 0) is 0 Å². The lowest BCUT2D eigenvalue weighted by Crippen LogP contribution is -2.25. The summed E-state index contributed by atoms with van der Waals surface area (Å²) in [5, 5.41) is 5.39. The minimum atomic E-state index is -0.886. The maximum absolute atomic E-state index is 13.2. The van der Waals surface area contributed by atoms with Gasteiger partial charge < -0.3 is 0 Å². The molecule has 0 fully saturated rings. The van der Waals surface area contributed by atoms with E-state index in [-0.39, 0.29) is 0 Å². The van der Waals surface area contributed by atoms with Crippen molar-refractivity contribution in [1.82, 2.24) is 5.43 Å². The van der Waals surface area contributed by atoms with Gasteiger partial charge in [-0.2, -0.15) is 5.10 Å². The number of nitrogens with one attached hydrogen (secondary N) is 1. The van der Waals surface area contributed by atoms with Gasteiger partial charge in [-0.25, -0.2) is 13.8 Å². The highest BCUT2D eigenvalue weighted by atomic mass is 35.5. The molecule has 0 saturated carbocycles. The zero-order chi connectivity index (χ0) is 15.5. The van der Waals surface area contributed by atoms with Gasteiger partial charge in [0.25, 0.3) is 0 Å². The SMILES string of the molecule is Fc1ccc(C2=NNC(=Nc3cccc(Cl)c3)SC2)cc1F. The van der Waals surface area contributed by atoms with E-state index in [1.807, 2.05) is 12.1 Å². The highest BCUT2D eigenvalue weighted by molar-refractivity contribution is 8.14. The van der Waals surface area contributed by atoms with E-state index in [0.717, 1.165) is 12.1 Å². The van der Waals surface area contributed by atoms with Crippen LogP contribution in [0, 0.1) is 11.6 Å². The Bertz CT molecular complexity index is 777. The molecule has 0 spiro atoms. The number of amidine groups is 1. The number of aliphatic imine (C=N–C) groups is 1. The summed E-state index contributed by atoms with van der Waals surface area (Å²) >= 11 is 7.33. The van der Waals surface area contributed by atoms with Crippen LogP contribution in [0.25, 0.3) is 0 Å². The van der Waals surface area contributed by atoms with Crippen molar-refractivity contribution in [2.45, 2.75) is 0 Å². The molecule has 0 aromatic heterocycles. The van der Waals surface area contributed by atoms with Gasteiger partial charge in [0, 0.05) is 16.3 Å². The molecule has 0 saturated heterocycles. The molecule has 1 aliphatic rings. The Morgan fingerprint density at radius 1 is 1.14 bits per heavy atom. The van der Waals surface area contributed by atoms with Crippen LogP contribution < -0.4 is 5.43 Å². The summed E-state index contributed by atoms with van der Waals surface area (Å²) in [7, 11) is 0. The van der Waals surface area contributed by atoms with Crippen LogP contribution in [-0.4, -0.2) is 16.6 Å². The molecule has 3 nitrogen and oxygen atoms in total. The third-order valence-electron chi connectivity index (χ3n) is 2.92. The van der Waals surface area contributed by atoms with E-state index in [0.29, 0.717) is 32.9 Å². The summed E-state index contributed by atoms with van der Waals surface area (Å²) in [5.41, 5.74) is 4.70. The summed E-state index contributed by atoms with van der Waals surface area (Å²) in [5.74, 6) is -1.25. The molecule has 0 unspecified atom stereocenters. The highest BCUT2D eigenvalue weighted by Gasteiger charge is 2.14. The average Bonchev–Trinajstić information content (AvgIpc) is 2.51. The van der Waals surface area contributed by atoms with Crippen LogP contribution in [0.3, 0.4) is 0 Å².